The minimum Gasteiger partial charge on any atom is -0.477 e. The Morgan fingerprint density at radius 3 is 2.60 bits per heavy atom. The lowest BCUT2D eigenvalue weighted by atomic mass is 10.2. The molecule has 1 aromatic carbocycles. The molecule has 2 rings (SSSR count). The smallest absolute Gasteiger partial charge is 0.423 e. The van der Waals surface area contributed by atoms with Crippen LogP contribution in [0, 0.1) is 10.1 Å². The topological polar surface area (TPSA) is 81.4 Å². The highest BCUT2D eigenvalue weighted by molar-refractivity contribution is 5.61. The molecule has 0 amide bonds. The van der Waals surface area contributed by atoms with E-state index < -0.39 is 22.5 Å². The average Bonchev–Trinajstić information content (AvgIpc) is 2.55. The molecule has 10 heteroatoms. The van der Waals surface area contributed by atoms with Crippen LogP contribution in [-0.2, 0) is 6.18 Å². The third kappa shape index (κ3) is 4.14. The molecule has 0 aliphatic carbocycles. The first-order valence-electron chi connectivity index (χ1n) is 7.37. The van der Waals surface area contributed by atoms with Gasteiger partial charge in [-0.15, -0.1) is 0 Å². The number of rotatable bonds is 6. The van der Waals surface area contributed by atoms with E-state index in [1.54, 1.807) is 19.9 Å². The minimum atomic E-state index is -4.65. The number of nitrogens with zero attached hydrogens (tertiary/aromatic N) is 4. The largest absolute Gasteiger partial charge is 0.477 e. The maximum atomic E-state index is 13.0. The second-order valence-corrected chi connectivity index (χ2v) is 4.84. The van der Waals surface area contributed by atoms with E-state index in [2.05, 4.69) is 9.97 Å². The lowest BCUT2D eigenvalue weighted by Gasteiger charge is -2.22. The standard InChI is InChI=1S/C15H15F3N4O3/c1-3-21(10-6-5-7-11(8-10)22(23)24)14-19-9-12(15(16,17)18)13(20-14)25-4-2/h5-9H,3-4H2,1-2H3. The summed E-state index contributed by atoms with van der Waals surface area (Å²) in [6, 6.07) is 5.67. The first kappa shape index (κ1) is 18.4. The van der Waals surface area contributed by atoms with Crippen molar-refractivity contribution in [2.75, 3.05) is 18.1 Å². The first-order chi connectivity index (χ1) is 11.8. The predicted octanol–water partition coefficient (Wildman–Crippen LogP) is 3.96. The number of hydrogen-bond acceptors (Lipinski definition) is 6. The molecule has 1 heterocycles. The van der Waals surface area contributed by atoms with E-state index in [9.17, 15) is 23.3 Å². The van der Waals surface area contributed by atoms with Crippen LogP contribution in [0.15, 0.2) is 30.5 Å². The number of nitro benzene ring substituents is 1. The van der Waals surface area contributed by atoms with Gasteiger partial charge < -0.3 is 9.64 Å². The van der Waals surface area contributed by atoms with Gasteiger partial charge in [0.05, 0.1) is 17.2 Å². The molecule has 0 fully saturated rings. The fourth-order valence-corrected chi connectivity index (χ4v) is 2.14. The van der Waals surface area contributed by atoms with Crippen LogP contribution in [0.3, 0.4) is 0 Å². The van der Waals surface area contributed by atoms with Crippen molar-refractivity contribution in [1.29, 1.82) is 0 Å². The number of alkyl halides is 3. The van der Waals surface area contributed by atoms with Gasteiger partial charge in [-0.25, -0.2) is 4.98 Å². The summed E-state index contributed by atoms with van der Waals surface area (Å²) in [7, 11) is 0. The van der Waals surface area contributed by atoms with Crippen molar-refractivity contribution in [3.63, 3.8) is 0 Å². The van der Waals surface area contributed by atoms with E-state index in [-0.39, 0.29) is 24.8 Å². The SMILES string of the molecule is CCOc1nc(N(CC)c2cccc([N+](=O)[O-])c2)ncc1C(F)(F)F. The molecule has 0 spiro atoms. The number of anilines is 2. The number of hydrogen-bond donors (Lipinski definition) is 0. The van der Waals surface area contributed by atoms with E-state index in [0.29, 0.717) is 11.9 Å². The lowest BCUT2D eigenvalue weighted by Crippen LogP contribution is -2.21. The highest BCUT2D eigenvalue weighted by atomic mass is 19.4. The zero-order valence-corrected chi connectivity index (χ0v) is 13.4. The Balaban J connectivity index is 2.49. The van der Waals surface area contributed by atoms with Crippen LogP contribution >= 0.6 is 0 Å². The van der Waals surface area contributed by atoms with Gasteiger partial charge in [-0.3, -0.25) is 10.1 Å². The quantitative estimate of drug-likeness (QED) is 0.576. The molecular formula is C15H15F3N4O3. The third-order valence-electron chi connectivity index (χ3n) is 3.24. The number of nitro groups is 1. The summed E-state index contributed by atoms with van der Waals surface area (Å²) in [5, 5.41) is 10.9. The normalized spacial score (nSPS) is 11.2. The molecule has 7 nitrogen and oxygen atoms in total. The van der Waals surface area contributed by atoms with Gasteiger partial charge in [0.25, 0.3) is 5.69 Å². The van der Waals surface area contributed by atoms with Gasteiger partial charge in [-0.05, 0) is 19.9 Å². The molecule has 0 saturated heterocycles. The van der Waals surface area contributed by atoms with Crippen molar-refractivity contribution in [3.8, 4) is 5.88 Å². The van der Waals surface area contributed by atoms with Crippen molar-refractivity contribution in [1.82, 2.24) is 9.97 Å². The molecule has 2 aromatic rings. The first-order valence-corrected chi connectivity index (χ1v) is 7.37. The number of benzene rings is 1. The van der Waals surface area contributed by atoms with Crippen LogP contribution in [0.5, 0.6) is 5.88 Å². The number of aromatic nitrogens is 2. The van der Waals surface area contributed by atoms with E-state index in [4.69, 9.17) is 4.74 Å². The average molecular weight is 356 g/mol. The molecule has 0 atom stereocenters. The van der Waals surface area contributed by atoms with E-state index in [1.165, 1.54) is 23.1 Å². The van der Waals surface area contributed by atoms with Crippen molar-refractivity contribution >= 4 is 17.3 Å². The number of halogens is 3. The lowest BCUT2D eigenvalue weighted by molar-refractivity contribution is -0.384. The number of ether oxygens (including phenoxy) is 1. The maximum Gasteiger partial charge on any atom is 0.423 e. The monoisotopic (exact) mass is 356 g/mol. The van der Waals surface area contributed by atoms with Crippen LogP contribution in [-0.4, -0.2) is 28.0 Å². The summed E-state index contributed by atoms with van der Waals surface area (Å²) in [6.07, 6.45) is -4.00. The number of non-ortho nitro benzene ring substituents is 1. The minimum absolute atomic E-state index is 0.00245. The van der Waals surface area contributed by atoms with Crippen molar-refractivity contribution in [3.05, 3.63) is 46.1 Å². The molecule has 0 saturated carbocycles. The van der Waals surface area contributed by atoms with Crippen LogP contribution in [0.4, 0.5) is 30.5 Å². The molecule has 0 bridgehead atoms. The van der Waals surface area contributed by atoms with Crippen molar-refractivity contribution in [2.24, 2.45) is 0 Å². The summed E-state index contributed by atoms with van der Waals surface area (Å²) >= 11 is 0. The van der Waals surface area contributed by atoms with Crippen LogP contribution < -0.4 is 9.64 Å². The Morgan fingerprint density at radius 1 is 1.32 bits per heavy atom. The van der Waals surface area contributed by atoms with Crippen LogP contribution in [0.2, 0.25) is 0 Å². The fraction of sp³-hybridized carbons (Fsp3) is 0.333. The molecule has 0 N–H and O–H groups in total. The summed E-state index contributed by atoms with van der Waals surface area (Å²) < 4.78 is 44.0. The third-order valence-corrected chi connectivity index (χ3v) is 3.24. The molecule has 0 aliphatic heterocycles. The zero-order valence-electron chi connectivity index (χ0n) is 13.4. The second-order valence-electron chi connectivity index (χ2n) is 4.84. The molecule has 134 valence electrons. The molecular weight excluding hydrogens is 341 g/mol. The Hall–Kier alpha value is -2.91. The van der Waals surface area contributed by atoms with Crippen LogP contribution in [0.1, 0.15) is 19.4 Å². The van der Waals surface area contributed by atoms with Gasteiger partial charge in [-0.2, -0.15) is 18.2 Å². The van der Waals surface area contributed by atoms with Crippen molar-refractivity contribution in [2.45, 2.75) is 20.0 Å². The van der Waals surface area contributed by atoms with Gasteiger partial charge in [0.1, 0.15) is 5.56 Å². The maximum absolute atomic E-state index is 13.0. The van der Waals surface area contributed by atoms with Crippen molar-refractivity contribution < 1.29 is 22.8 Å². The van der Waals surface area contributed by atoms with E-state index >= 15 is 0 Å². The Morgan fingerprint density at radius 2 is 2.04 bits per heavy atom. The van der Waals surface area contributed by atoms with Gasteiger partial charge >= 0.3 is 6.18 Å². The Bertz CT molecular complexity index is 768. The predicted molar refractivity (Wildman–Crippen MR) is 84.0 cm³/mol. The summed E-state index contributed by atoms with van der Waals surface area (Å²) in [5.74, 6) is -0.622. The molecule has 0 aliphatic rings. The summed E-state index contributed by atoms with van der Waals surface area (Å²) in [4.78, 5) is 19.4. The highest BCUT2D eigenvalue weighted by Crippen LogP contribution is 2.36. The highest BCUT2D eigenvalue weighted by Gasteiger charge is 2.36. The van der Waals surface area contributed by atoms with Gasteiger partial charge in [0, 0.05) is 24.9 Å². The fourth-order valence-electron chi connectivity index (χ4n) is 2.14. The van der Waals surface area contributed by atoms with Crippen LogP contribution in [0.25, 0.3) is 0 Å². The Kier molecular flexibility index (Phi) is 5.40. The zero-order chi connectivity index (χ0) is 18.6. The second kappa shape index (κ2) is 7.32. The van der Waals surface area contributed by atoms with E-state index in [1.807, 2.05) is 0 Å². The Labute approximate surface area is 141 Å². The molecule has 0 unspecified atom stereocenters. The summed E-state index contributed by atoms with van der Waals surface area (Å²) in [6.45, 7) is 3.56. The molecule has 1 aromatic heterocycles. The molecule has 25 heavy (non-hydrogen) atoms. The van der Waals surface area contributed by atoms with Gasteiger partial charge in [0.15, 0.2) is 0 Å². The molecule has 0 radical (unpaired) electrons. The van der Waals surface area contributed by atoms with E-state index in [0.717, 1.165) is 0 Å². The van der Waals surface area contributed by atoms with Gasteiger partial charge in [0.2, 0.25) is 11.8 Å². The van der Waals surface area contributed by atoms with Gasteiger partial charge in [-0.1, -0.05) is 6.07 Å². The summed E-state index contributed by atoms with van der Waals surface area (Å²) in [5.41, 5.74) is -0.833.